The maximum absolute atomic E-state index is 12.0. The maximum atomic E-state index is 12.0. The van der Waals surface area contributed by atoms with Gasteiger partial charge in [0.1, 0.15) is 0 Å². The molecule has 0 aliphatic carbocycles. The number of fused-ring (bicyclic) bond motifs is 4. The van der Waals surface area contributed by atoms with Gasteiger partial charge in [0.15, 0.2) is 0 Å². The van der Waals surface area contributed by atoms with Crippen LogP contribution < -0.4 is 5.32 Å². The molecule has 3 aliphatic rings. The van der Waals surface area contributed by atoms with E-state index in [1.807, 2.05) is 0 Å². The summed E-state index contributed by atoms with van der Waals surface area (Å²) < 4.78 is 2.17. The molecule has 1 N–H and O–H groups in total. The average molecular weight is 313 g/mol. The Kier molecular flexibility index (Phi) is 3.39. The van der Waals surface area contributed by atoms with E-state index in [4.69, 9.17) is 0 Å². The van der Waals surface area contributed by atoms with Crippen molar-refractivity contribution < 1.29 is 4.79 Å². The minimum Gasteiger partial charge on any atom is -0.332 e. The average Bonchev–Trinajstić information content (AvgIpc) is 2.59. The smallest absolute Gasteiger partial charge is 0.332 e. The summed E-state index contributed by atoms with van der Waals surface area (Å²) in [6.07, 6.45) is 6.96. The number of rotatable bonds is 1. The first kappa shape index (κ1) is 12.2. The molecule has 1 aromatic heterocycles. The van der Waals surface area contributed by atoms with Crippen molar-refractivity contribution >= 4 is 22.0 Å². The van der Waals surface area contributed by atoms with Gasteiger partial charge in [0.2, 0.25) is 0 Å². The summed E-state index contributed by atoms with van der Waals surface area (Å²) in [5.41, 5.74) is 0. The Morgan fingerprint density at radius 3 is 2.89 bits per heavy atom. The molecule has 3 fully saturated rings. The van der Waals surface area contributed by atoms with Gasteiger partial charge < -0.3 is 10.2 Å². The number of nitrogens with one attached hydrogen (secondary N) is 1. The lowest BCUT2D eigenvalue weighted by atomic mass is 9.94. The van der Waals surface area contributed by atoms with Crippen LogP contribution in [0.2, 0.25) is 0 Å². The Morgan fingerprint density at radius 1 is 1.44 bits per heavy atom. The zero-order valence-corrected chi connectivity index (χ0v) is 11.8. The molecule has 1 aromatic rings. The summed E-state index contributed by atoms with van der Waals surface area (Å²) in [4.78, 5) is 14.5. The molecule has 3 saturated heterocycles. The lowest BCUT2D eigenvalue weighted by Gasteiger charge is -2.26. The molecule has 4 rings (SSSR count). The highest BCUT2D eigenvalue weighted by Gasteiger charge is 2.30. The standard InChI is InChI=1S/C12H17BrN4O/c13-10-6-14-17(7-10)12(18)15-11-5-9-1-3-16(8-11)4-2-9/h6-7,9,11H,1-5,8H2,(H,15,18). The largest absolute Gasteiger partial charge is 0.342 e. The number of piperidine rings is 1. The normalized spacial score (nSPS) is 31.1. The van der Waals surface area contributed by atoms with Crippen LogP contribution in [0.25, 0.3) is 0 Å². The summed E-state index contributed by atoms with van der Waals surface area (Å²) in [6, 6.07) is 0.128. The molecule has 5 nitrogen and oxygen atoms in total. The van der Waals surface area contributed by atoms with E-state index in [0.29, 0.717) is 0 Å². The van der Waals surface area contributed by atoms with Crippen molar-refractivity contribution in [3.63, 3.8) is 0 Å². The van der Waals surface area contributed by atoms with Crippen molar-refractivity contribution in [1.82, 2.24) is 20.0 Å². The van der Waals surface area contributed by atoms with E-state index < -0.39 is 0 Å². The highest BCUT2D eigenvalue weighted by molar-refractivity contribution is 9.10. The van der Waals surface area contributed by atoms with E-state index >= 15 is 0 Å². The van der Waals surface area contributed by atoms with Crippen LogP contribution >= 0.6 is 15.9 Å². The molecule has 18 heavy (non-hydrogen) atoms. The predicted molar refractivity (Wildman–Crippen MR) is 71.4 cm³/mol. The van der Waals surface area contributed by atoms with Gasteiger partial charge in [0.25, 0.3) is 0 Å². The van der Waals surface area contributed by atoms with E-state index in [0.717, 1.165) is 23.4 Å². The Bertz CT molecular complexity index is 425. The molecular formula is C12H17BrN4O. The second-order valence-electron chi connectivity index (χ2n) is 5.23. The molecule has 1 atom stereocenters. The number of nitrogens with zero attached hydrogens (tertiary/aromatic N) is 3. The van der Waals surface area contributed by atoms with E-state index in [1.54, 1.807) is 12.4 Å². The summed E-state index contributed by atoms with van der Waals surface area (Å²) in [6.45, 7) is 3.35. The first-order valence-corrected chi connectivity index (χ1v) is 7.23. The fourth-order valence-electron chi connectivity index (χ4n) is 2.95. The fourth-order valence-corrected chi connectivity index (χ4v) is 3.24. The topological polar surface area (TPSA) is 50.2 Å². The van der Waals surface area contributed by atoms with Gasteiger partial charge in [-0.05, 0) is 54.2 Å². The van der Waals surface area contributed by atoms with E-state index in [-0.39, 0.29) is 12.1 Å². The van der Waals surface area contributed by atoms with Gasteiger partial charge in [-0.2, -0.15) is 9.78 Å². The second-order valence-corrected chi connectivity index (χ2v) is 6.14. The van der Waals surface area contributed by atoms with Crippen molar-refractivity contribution in [3.8, 4) is 0 Å². The van der Waals surface area contributed by atoms with Gasteiger partial charge in [-0.15, -0.1) is 0 Å². The minimum absolute atomic E-state index is 0.131. The third-order valence-electron chi connectivity index (χ3n) is 3.89. The van der Waals surface area contributed by atoms with E-state index in [9.17, 15) is 4.79 Å². The van der Waals surface area contributed by atoms with Crippen LogP contribution in [-0.4, -0.2) is 46.4 Å². The molecule has 4 heterocycles. The van der Waals surface area contributed by atoms with Crippen molar-refractivity contribution in [3.05, 3.63) is 16.9 Å². The van der Waals surface area contributed by atoms with Gasteiger partial charge in [-0.25, -0.2) is 4.79 Å². The monoisotopic (exact) mass is 312 g/mol. The molecule has 0 saturated carbocycles. The quantitative estimate of drug-likeness (QED) is 0.858. The summed E-state index contributed by atoms with van der Waals surface area (Å²) in [5.74, 6) is 0.776. The Morgan fingerprint density at radius 2 is 2.22 bits per heavy atom. The van der Waals surface area contributed by atoms with Crippen LogP contribution in [-0.2, 0) is 0 Å². The number of hydrogen-bond acceptors (Lipinski definition) is 3. The number of hydrogen-bond donors (Lipinski definition) is 1. The number of amides is 1. The van der Waals surface area contributed by atoms with Gasteiger partial charge in [0, 0.05) is 18.8 Å². The van der Waals surface area contributed by atoms with Crippen LogP contribution in [0.3, 0.4) is 0 Å². The second kappa shape index (κ2) is 5.01. The predicted octanol–water partition coefficient (Wildman–Crippen LogP) is 1.69. The molecule has 2 bridgehead atoms. The van der Waals surface area contributed by atoms with Crippen LogP contribution in [0.5, 0.6) is 0 Å². The summed E-state index contributed by atoms with van der Waals surface area (Å²) in [7, 11) is 0. The third kappa shape index (κ3) is 2.59. The molecule has 0 radical (unpaired) electrons. The van der Waals surface area contributed by atoms with Crippen molar-refractivity contribution in [1.29, 1.82) is 0 Å². The molecule has 0 spiro atoms. The van der Waals surface area contributed by atoms with E-state index in [1.165, 1.54) is 30.6 Å². The van der Waals surface area contributed by atoms with Crippen LogP contribution in [0.4, 0.5) is 4.79 Å². The highest BCUT2D eigenvalue weighted by Crippen LogP contribution is 2.26. The Balaban J connectivity index is 1.64. The number of halogens is 1. The minimum atomic E-state index is -0.131. The highest BCUT2D eigenvalue weighted by atomic mass is 79.9. The van der Waals surface area contributed by atoms with Crippen molar-refractivity contribution in [2.75, 3.05) is 19.6 Å². The zero-order chi connectivity index (χ0) is 12.5. The summed E-state index contributed by atoms with van der Waals surface area (Å²) in [5, 5.41) is 7.09. The van der Waals surface area contributed by atoms with Crippen molar-refractivity contribution in [2.24, 2.45) is 5.92 Å². The number of aromatic nitrogens is 2. The van der Waals surface area contributed by atoms with Gasteiger partial charge in [-0.1, -0.05) is 0 Å². The number of carbonyl (C=O) groups excluding carboxylic acids is 1. The molecule has 6 heteroatoms. The Hall–Kier alpha value is -0.880. The molecule has 98 valence electrons. The zero-order valence-electron chi connectivity index (χ0n) is 10.2. The number of carbonyl (C=O) groups is 1. The molecule has 1 amide bonds. The molecule has 0 aromatic carbocycles. The van der Waals surface area contributed by atoms with Gasteiger partial charge in [0.05, 0.1) is 10.7 Å². The maximum Gasteiger partial charge on any atom is 0.342 e. The molecular weight excluding hydrogens is 296 g/mol. The van der Waals surface area contributed by atoms with Crippen LogP contribution in [0, 0.1) is 5.92 Å². The Labute approximate surface area is 115 Å². The van der Waals surface area contributed by atoms with Gasteiger partial charge >= 0.3 is 6.03 Å². The first-order chi connectivity index (χ1) is 8.70. The molecule has 3 aliphatic heterocycles. The van der Waals surface area contributed by atoms with E-state index in [2.05, 4.69) is 31.2 Å². The fraction of sp³-hybridized carbons (Fsp3) is 0.667. The van der Waals surface area contributed by atoms with Gasteiger partial charge in [-0.3, -0.25) is 0 Å². The SMILES string of the molecule is O=C(NC1CC2CCN(CC2)C1)n1cc(Br)cn1. The third-order valence-corrected chi connectivity index (χ3v) is 4.30. The lowest BCUT2D eigenvalue weighted by molar-refractivity contribution is 0.216. The summed E-state index contributed by atoms with van der Waals surface area (Å²) >= 11 is 3.30. The van der Waals surface area contributed by atoms with Crippen LogP contribution in [0.1, 0.15) is 19.3 Å². The van der Waals surface area contributed by atoms with Crippen LogP contribution in [0.15, 0.2) is 16.9 Å². The first-order valence-electron chi connectivity index (χ1n) is 6.44. The lowest BCUT2D eigenvalue weighted by Crippen LogP contribution is -2.43. The van der Waals surface area contributed by atoms with Crippen molar-refractivity contribution in [2.45, 2.75) is 25.3 Å². The molecule has 1 unspecified atom stereocenters.